The molecule has 1 spiro atoms. The van der Waals surface area contributed by atoms with Crippen molar-refractivity contribution >= 4 is 57.7 Å². The van der Waals surface area contributed by atoms with Crippen LogP contribution in [0.15, 0.2) is 73.2 Å². The molecular weight excluding hydrogens is 946 g/mol. The van der Waals surface area contributed by atoms with E-state index in [9.17, 15) is 14.4 Å². The third kappa shape index (κ3) is 9.59. The summed E-state index contributed by atoms with van der Waals surface area (Å²) >= 11 is 0. The van der Waals surface area contributed by atoms with Gasteiger partial charge in [0.25, 0.3) is 0 Å². The van der Waals surface area contributed by atoms with Crippen LogP contribution in [0, 0.1) is 17.7 Å². The van der Waals surface area contributed by atoms with Crippen LogP contribution in [0.2, 0.25) is 0 Å². The number of hydrogen-bond acceptors (Lipinski definition) is 11. The number of likely N-dealkylation sites (tertiary alicyclic amines) is 3. The van der Waals surface area contributed by atoms with Crippen molar-refractivity contribution in [3.05, 3.63) is 90.1 Å². The molecule has 1 atom stereocenters. The summed E-state index contributed by atoms with van der Waals surface area (Å²) < 4.78 is 17.2. The number of carbonyl (C=O) groups excluding carboxylic acids is 4. The smallest absolute Gasteiger partial charge is 0.238 e. The van der Waals surface area contributed by atoms with Gasteiger partial charge in [0.05, 0.1) is 34.6 Å². The summed E-state index contributed by atoms with van der Waals surface area (Å²) in [6.45, 7) is 12.4. The van der Waals surface area contributed by atoms with Crippen LogP contribution in [-0.2, 0) is 24.6 Å². The summed E-state index contributed by atoms with van der Waals surface area (Å²) in [5.41, 5.74) is 5.67. The van der Waals surface area contributed by atoms with Gasteiger partial charge in [0, 0.05) is 74.1 Å². The molecule has 16 heteroatoms. The molecule has 6 fully saturated rings. The Labute approximate surface area is 439 Å². The van der Waals surface area contributed by atoms with E-state index < -0.39 is 5.41 Å². The van der Waals surface area contributed by atoms with Gasteiger partial charge >= 0.3 is 0 Å². The number of fused-ring (bicyclic) bond motifs is 3. The topological polar surface area (TPSA) is 152 Å². The third-order valence-electron chi connectivity index (χ3n) is 18.4. The molecule has 0 radical (unpaired) electrons. The van der Waals surface area contributed by atoms with Crippen molar-refractivity contribution in [3.63, 3.8) is 0 Å². The Bertz CT molecular complexity index is 2940. The highest BCUT2D eigenvalue weighted by molar-refractivity contribution is 6.09. The first-order valence-corrected chi connectivity index (χ1v) is 28.2. The predicted molar refractivity (Wildman–Crippen MR) is 288 cm³/mol. The van der Waals surface area contributed by atoms with E-state index in [1.807, 2.05) is 24.5 Å². The number of pyridine rings is 2. The van der Waals surface area contributed by atoms with Crippen LogP contribution in [0.4, 0.5) is 27.4 Å². The van der Waals surface area contributed by atoms with E-state index in [4.69, 9.17) is 15.0 Å². The number of aromatic nitrogens is 4. The lowest BCUT2D eigenvalue weighted by Gasteiger charge is -2.48. The lowest BCUT2D eigenvalue weighted by molar-refractivity contribution is -0.140. The van der Waals surface area contributed by atoms with Crippen LogP contribution in [-0.4, -0.2) is 129 Å². The minimum absolute atomic E-state index is 0.00859. The van der Waals surface area contributed by atoms with Crippen LogP contribution >= 0.6 is 0 Å². The molecule has 2 aromatic carbocycles. The molecule has 12 rings (SSSR count). The van der Waals surface area contributed by atoms with E-state index in [0.717, 1.165) is 130 Å². The highest BCUT2D eigenvalue weighted by Crippen LogP contribution is 2.52. The molecule has 1 aliphatic carbocycles. The van der Waals surface area contributed by atoms with Gasteiger partial charge in [-0.1, -0.05) is 36.8 Å². The molecule has 75 heavy (non-hydrogen) atoms. The van der Waals surface area contributed by atoms with E-state index in [-0.39, 0.29) is 53.4 Å². The molecule has 1 saturated carbocycles. The summed E-state index contributed by atoms with van der Waals surface area (Å²) in [6, 6.07) is 19.8. The van der Waals surface area contributed by atoms with Crippen molar-refractivity contribution in [2.45, 2.75) is 133 Å². The summed E-state index contributed by atoms with van der Waals surface area (Å²) in [6.07, 6.45) is 16.5. The largest absolute Gasteiger partial charge is 0.357 e. The minimum atomic E-state index is -0.690. The molecule has 9 heterocycles. The van der Waals surface area contributed by atoms with E-state index in [2.05, 4.69) is 71.7 Å². The number of carbonyl (C=O) groups is 4. The SMILES string of the molecule is CC(C)n1cnc2cc(-c3ccc4c(c3)N(C3CC(N5CCCCC5)C3)C(=O)C43CCN(C(=O)C4CCN(CCC5CCN(c6ccc([C@H]7CCC(=O)NC7=O)cn6)CC5)CC4)CC3)nc(Nc3ccccc3F)c21. The summed E-state index contributed by atoms with van der Waals surface area (Å²) in [5, 5.41) is 5.75. The first-order chi connectivity index (χ1) is 36.5. The van der Waals surface area contributed by atoms with Gasteiger partial charge in [0.1, 0.15) is 17.2 Å². The number of rotatable bonds is 12. The lowest BCUT2D eigenvalue weighted by Crippen LogP contribution is -2.58. The van der Waals surface area contributed by atoms with Crippen molar-refractivity contribution in [2.24, 2.45) is 11.8 Å². The summed E-state index contributed by atoms with van der Waals surface area (Å²) in [7, 11) is 0. The van der Waals surface area contributed by atoms with E-state index in [1.54, 1.807) is 24.4 Å². The van der Waals surface area contributed by atoms with Gasteiger partial charge in [-0.25, -0.2) is 19.3 Å². The van der Waals surface area contributed by atoms with Crippen LogP contribution in [0.5, 0.6) is 0 Å². The van der Waals surface area contributed by atoms with Crippen LogP contribution in [0.25, 0.3) is 22.3 Å². The number of imide groups is 1. The zero-order chi connectivity index (χ0) is 51.4. The average molecular weight is 1020 g/mol. The third-order valence-corrected chi connectivity index (χ3v) is 18.4. The fraction of sp³-hybridized carbons (Fsp3) is 0.542. The quantitative estimate of drug-likeness (QED) is 0.116. The number of para-hydroxylation sites is 1. The Morgan fingerprint density at radius 2 is 1.61 bits per heavy atom. The maximum Gasteiger partial charge on any atom is 0.238 e. The zero-order valence-corrected chi connectivity index (χ0v) is 43.7. The number of nitrogens with one attached hydrogen (secondary N) is 2. The van der Waals surface area contributed by atoms with Gasteiger partial charge in [-0.05, 0) is 171 Å². The second-order valence-corrected chi connectivity index (χ2v) is 23.1. The normalized spacial score (nSPS) is 24.0. The van der Waals surface area contributed by atoms with Crippen molar-refractivity contribution in [1.29, 1.82) is 0 Å². The maximum atomic E-state index is 15.3. The average Bonchev–Trinajstić information content (AvgIpc) is 4.02. The molecule has 394 valence electrons. The van der Waals surface area contributed by atoms with E-state index >= 15 is 9.18 Å². The van der Waals surface area contributed by atoms with Gasteiger partial charge < -0.3 is 34.4 Å². The van der Waals surface area contributed by atoms with Crippen molar-refractivity contribution in [2.75, 3.05) is 74.0 Å². The van der Waals surface area contributed by atoms with Crippen LogP contribution < -0.4 is 20.4 Å². The Hall–Kier alpha value is -6.26. The summed E-state index contributed by atoms with van der Waals surface area (Å²) in [5.74, 6) is 1.44. The molecule has 0 bridgehead atoms. The molecule has 2 N–H and O–H groups in total. The fourth-order valence-corrected chi connectivity index (χ4v) is 13.7. The number of piperidine rings is 5. The number of nitrogens with zero attached hydrogens (tertiary/aromatic N) is 9. The van der Waals surface area contributed by atoms with Crippen molar-refractivity contribution in [3.8, 4) is 11.3 Å². The molecule has 6 aliphatic heterocycles. The highest BCUT2D eigenvalue weighted by Gasteiger charge is 2.56. The maximum absolute atomic E-state index is 15.3. The molecule has 5 aromatic rings. The number of benzene rings is 2. The highest BCUT2D eigenvalue weighted by atomic mass is 19.1. The Morgan fingerprint density at radius 1 is 0.840 bits per heavy atom. The Kier molecular flexibility index (Phi) is 13.7. The minimum Gasteiger partial charge on any atom is -0.357 e. The standard InChI is InChI=1S/C59H72FN11O4/c1-38(2)70-37-62-50-35-49(64-55(54(50)70)63-48-9-5-4-8-47(48)60)41-10-13-46-51(32-41)71(44-33-43(34-44)67-23-6-3-7-24-67)58(75)59(46)21-30-69(31-22-59)57(74)40-19-26-66(27-20-40)25-16-39-17-28-68(29-18-39)52-14-11-42(36-61-52)45-12-15-53(72)65-56(45)73/h4-5,8-11,13-14,32,35-40,43-45H,3,6-7,12,15-31,33-34H2,1-2H3,(H,63,64)(H,65,72,73)/t43?,44?,45-/m1/s1. The number of halogens is 1. The van der Waals surface area contributed by atoms with Crippen molar-refractivity contribution in [1.82, 2.24) is 39.5 Å². The second-order valence-electron chi connectivity index (χ2n) is 23.1. The molecule has 0 unspecified atom stereocenters. The molecule has 15 nitrogen and oxygen atoms in total. The second kappa shape index (κ2) is 20.7. The van der Waals surface area contributed by atoms with E-state index in [1.165, 1.54) is 25.3 Å². The number of hydrogen-bond donors (Lipinski definition) is 2. The van der Waals surface area contributed by atoms with Crippen molar-refractivity contribution < 1.29 is 23.6 Å². The van der Waals surface area contributed by atoms with E-state index in [0.29, 0.717) is 67.9 Å². The van der Waals surface area contributed by atoms with Gasteiger partial charge in [0.15, 0.2) is 5.82 Å². The van der Waals surface area contributed by atoms with Gasteiger partial charge in [-0.3, -0.25) is 24.5 Å². The fourth-order valence-electron chi connectivity index (χ4n) is 13.7. The molecule has 3 aromatic heterocycles. The van der Waals surface area contributed by atoms with Crippen LogP contribution in [0.1, 0.15) is 127 Å². The Morgan fingerprint density at radius 3 is 2.33 bits per heavy atom. The molecule has 4 amide bonds. The van der Waals surface area contributed by atoms with Gasteiger partial charge in [-0.2, -0.15) is 0 Å². The van der Waals surface area contributed by atoms with Gasteiger partial charge in [0.2, 0.25) is 23.6 Å². The number of anilines is 4. The lowest BCUT2D eigenvalue weighted by atomic mass is 9.73. The molecule has 5 saturated heterocycles. The molecular formula is C59H72FN11O4. The first kappa shape index (κ1) is 49.6. The number of amides is 4. The number of imidazole rings is 1. The Balaban J connectivity index is 0.689. The molecule has 7 aliphatic rings. The zero-order valence-electron chi connectivity index (χ0n) is 43.7. The first-order valence-electron chi connectivity index (χ1n) is 28.2. The summed E-state index contributed by atoms with van der Waals surface area (Å²) in [4.78, 5) is 80.0. The van der Waals surface area contributed by atoms with Gasteiger partial charge in [-0.15, -0.1) is 0 Å². The monoisotopic (exact) mass is 1020 g/mol. The predicted octanol–water partition coefficient (Wildman–Crippen LogP) is 8.72. The van der Waals surface area contributed by atoms with Crippen LogP contribution in [0.3, 0.4) is 0 Å².